The van der Waals surface area contributed by atoms with E-state index < -0.39 is 17.1 Å². The number of allylic oxidation sites excluding steroid dienone is 3. The van der Waals surface area contributed by atoms with Crippen molar-refractivity contribution in [2.45, 2.75) is 163 Å². The van der Waals surface area contributed by atoms with Gasteiger partial charge in [-0.15, -0.1) is 0 Å². The molecular formula is C101H108BrCl7N8O14. The number of nitrogen functional groups attached to an aromatic ring is 1. The van der Waals surface area contributed by atoms with Crippen LogP contribution in [-0.2, 0) is 84.9 Å². The standard InChI is InChI=1S/C20H20ClNO3.2C19H19ClN2O3.2C11H12ClNO.C9H9BrO2.C6H6ClN.C5H7ClO.CH4/c1-20(2)11-18(23)22(17-9-8-15(21)10-16(17)20)12-13-4-6-14(7-5-13)19(24)25-3;2*1-19(2)10-17(23)22(16-8-7-14(20)9-15(16)19)11-12-3-5-13(6-4-12)18(24)21-25;1-11(2)6-10(14)13-9-4-3-7(12)5-8(9)11;1-8(2)7-11(14)13-10-5-3-9(12)4-6-10;1-12-9(11)8-4-2-7(6-10)3-5-8;7-5-1-3-6(8)4-2-5;1-4(2)3-5(6)7;/h4-10H,11-12H2,1-3H3;2*3-9,25H,10-11H2,1-2H3,(H,21,24);3-5H,6H2,1-2H3,(H,13,14);3-7H,1-2H3,(H,13,14);2-5H,6H2,1H3;1-4H,8H2;3H,1-2H3;1H4. The van der Waals surface area contributed by atoms with Crippen LogP contribution in [0.1, 0.15) is 202 Å². The highest BCUT2D eigenvalue weighted by Gasteiger charge is 2.40. The molecule has 30 heteroatoms. The average molecular weight is 1990 g/mol. The van der Waals surface area contributed by atoms with E-state index in [9.17, 15) is 47.9 Å². The summed E-state index contributed by atoms with van der Waals surface area (Å²) in [5, 5.41) is 27.4. The molecule has 0 aliphatic carbocycles. The number of alkyl halides is 1. The number of nitrogens with two attached hydrogens (primary N) is 1. The Morgan fingerprint density at radius 1 is 0.420 bits per heavy atom. The molecule has 0 saturated heterocycles. The Balaban J connectivity index is 0.000000238. The van der Waals surface area contributed by atoms with E-state index in [-0.39, 0.29) is 70.6 Å². The van der Waals surface area contributed by atoms with E-state index in [1.54, 1.807) is 171 Å². The lowest BCUT2D eigenvalue weighted by Gasteiger charge is -2.38. The summed E-state index contributed by atoms with van der Waals surface area (Å²) in [5.41, 5.74) is 24.5. The number of hydroxylamine groups is 2. The van der Waals surface area contributed by atoms with Crippen LogP contribution in [0.25, 0.3) is 0 Å². The number of nitrogens with zero attached hydrogens (tertiary/aromatic N) is 3. The van der Waals surface area contributed by atoms with Gasteiger partial charge >= 0.3 is 11.9 Å². The second-order valence-electron chi connectivity index (χ2n) is 33.5. The number of ether oxygens (including phenoxy) is 2. The number of rotatable bonds is 14. The molecule has 0 aromatic heterocycles. The third-order valence-corrected chi connectivity index (χ3v) is 22.8. The summed E-state index contributed by atoms with van der Waals surface area (Å²) >= 11 is 43.9. The first-order valence-electron chi connectivity index (χ1n) is 40.7. The highest BCUT2D eigenvalue weighted by molar-refractivity contribution is 9.08. The molecule has 131 heavy (non-hydrogen) atoms. The predicted octanol–water partition coefficient (Wildman–Crippen LogP) is 24.5. The molecule has 14 rings (SSSR count). The fourth-order valence-corrected chi connectivity index (χ4v) is 15.5. The van der Waals surface area contributed by atoms with Gasteiger partial charge < -0.3 is 40.5 Å². The van der Waals surface area contributed by atoms with Crippen molar-refractivity contribution in [3.05, 3.63) is 339 Å². The maximum absolute atomic E-state index is 12.7. The van der Waals surface area contributed by atoms with Gasteiger partial charge in [0.05, 0.1) is 45.0 Å². The topological polar surface area (TPSA) is 313 Å². The number of halogens is 8. The second kappa shape index (κ2) is 49.9. The first kappa shape index (κ1) is 109. The van der Waals surface area contributed by atoms with Crippen molar-refractivity contribution in [3.8, 4) is 0 Å². The number of carbonyl (C=O) groups is 10. The van der Waals surface area contributed by atoms with E-state index in [0.29, 0.717) is 92.7 Å². The summed E-state index contributed by atoms with van der Waals surface area (Å²) in [7, 11) is 2.73. The minimum atomic E-state index is -0.567. The van der Waals surface area contributed by atoms with Crippen LogP contribution in [0.2, 0.25) is 30.1 Å². The molecule has 7 amide bonds. The van der Waals surface area contributed by atoms with Gasteiger partial charge in [-0.25, -0.2) is 20.5 Å². The van der Waals surface area contributed by atoms with Crippen LogP contribution < -0.4 is 42.0 Å². The number of hydrogen-bond acceptors (Lipinski definition) is 15. The monoisotopic (exact) mass is 1980 g/mol. The Hall–Kier alpha value is -11.2. The first-order valence-corrected chi connectivity index (χ1v) is 44.4. The van der Waals surface area contributed by atoms with Crippen LogP contribution in [0.5, 0.6) is 0 Å². The lowest BCUT2D eigenvalue weighted by atomic mass is 9.77. The van der Waals surface area contributed by atoms with Crippen LogP contribution in [0, 0.1) is 0 Å². The van der Waals surface area contributed by atoms with E-state index in [2.05, 4.69) is 59.0 Å². The molecule has 4 aliphatic heterocycles. The number of amides is 7. The van der Waals surface area contributed by atoms with E-state index >= 15 is 0 Å². The van der Waals surface area contributed by atoms with Crippen molar-refractivity contribution in [1.82, 2.24) is 11.0 Å². The molecule has 4 aliphatic rings. The van der Waals surface area contributed by atoms with Gasteiger partial charge in [-0.1, -0.05) is 208 Å². The molecule has 0 spiro atoms. The van der Waals surface area contributed by atoms with Gasteiger partial charge in [0.15, 0.2) is 0 Å². The minimum Gasteiger partial charge on any atom is -0.465 e. The summed E-state index contributed by atoms with van der Waals surface area (Å²) in [6.07, 6.45) is 4.69. The van der Waals surface area contributed by atoms with Gasteiger partial charge in [-0.05, 0) is 260 Å². The summed E-state index contributed by atoms with van der Waals surface area (Å²) < 4.78 is 9.27. The Morgan fingerprint density at radius 2 is 0.718 bits per heavy atom. The normalized spacial score (nSPS) is 13.8. The van der Waals surface area contributed by atoms with Gasteiger partial charge in [0.25, 0.3) is 11.8 Å². The number of benzene rings is 10. The molecule has 692 valence electrons. The number of methoxy groups -OCH3 is 2. The van der Waals surface area contributed by atoms with Crippen molar-refractivity contribution in [2.24, 2.45) is 0 Å². The van der Waals surface area contributed by atoms with Crippen LogP contribution in [0.15, 0.2) is 242 Å². The highest BCUT2D eigenvalue weighted by Crippen LogP contribution is 2.46. The quantitative estimate of drug-likeness (QED) is 0.0101. The largest absolute Gasteiger partial charge is 0.465 e. The fourth-order valence-electron chi connectivity index (χ4n) is 13.9. The molecular weight excluding hydrogens is 1880 g/mol. The molecule has 0 radical (unpaired) electrons. The van der Waals surface area contributed by atoms with Gasteiger partial charge in [0, 0.05) is 134 Å². The number of anilines is 6. The molecule has 8 N–H and O–H groups in total. The number of carbonyl (C=O) groups excluding carboxylic acids is 10. The van der Waals surface area contributed by atoms with E-state index in [1.807, 2.05) is 134 Å². The summed E-state index contributed by atoms with van der Waals surface area (Å²) in [5.74, 6) is -1.66. The van der Waals surface area contributed by atoms with Crippen LogP contribution >= 0.6 is 97.1 Å². The summed E-state index contributed by atoms with van der Waals surface area (Å²) in [6.45, 7) is 25.1. The Kier molecular flexibility index (Phi) is 41.3. The molecule has 0 fully saturated rings. The summed E-state index contributed by atoms with van der Waals surface area (Å²) in [4.78, 5) is 121. The zero-order chi connectivity index (χ0) is 96.3. The van der Waals surface area contributed by atoms with E-state index in [1.165, 1.54) is 20.3 Å². The van der Waals surface area contributed by atoms with Gasteiger partial charge in [0.2, 0.25) is 34.8 Å². The molecule has 22 nitrogen and oxygen atoms in total. The predicted molar refractivity (Wildman–Crippen MR) is 531 cm³/mol. The van der Waals surface area contributed by atoms with Crippen molar-refractivity contribution in [1.29, 1.82) is 0 Å². The van der Waals surface area contributed by atoms with Crippen molar-refractivity contribution < 1.29 is 67.8 Å². The number of hydrogen-bond donors (Lipinski definition) is 7. The maximum Gasteiger partial charge on any atom is 0.337 e. The average Bonchev–Trinajstić information content (AvgIpc) is 0.769. The molecule has 0 unspecified atom stereocenters. The molecule has 4 heterocycles. The smallest absolute Gasteiger partial charge is 0.337 e. The van der Waals surface area contributed by atoms with E-state index in [4.69, 9.17) is 102 Å². The van der Waals surface area contributed by atoms with E-state index in [0.717, 1.165) is 100 Å². The number of esters is 2. The fraction of sp³-hybridized carbons (Fsp3) is 0.267. The van der Waals surface area contributed by atoms with Crippen molar-refractivity contribution in [3.63, 3.8) is 0 Å². The zero-order valence-electron chi connectivity index (χ0n) is 74.3. The molecule has 0 bridgehead atoms. The number of fused-ring (bicyclic) bond motifs is 4. The van der Waals surface area contributed by atoms with Crippen LogP contribution in [0.4, 0.5) is 34.1 Å². The summed E-state index contributed by atoms with van der Waals surface area (Å²) in [6, 6.07) is 64.4. The third kappa shape index (κ3) is 32.7. The SMILES string of the molecule is C.CC(C)=CC(=O)Cl.CC(C)=CC(=O)Nc1ccc(Cl)cc1.CC1(C)CC(=O)N(Cc2ccc(C(=O)NO)cc2)c2ccc(Cl)cc21.CC1(C)CC(=O)N(Cc2ccc(C(=O)NO)cc2)c2ccc(Cl)cc21.CC1(C)CC(=O)Nc2ccc(Cl)cc21.COC(=O)c1ccc(CBr)cc1.COC(=O)c1ccc(CN2C(=O)CC(C)(C)c3cc(Cl)ccc32)cc1.Nc1ccc(Cl)cc1. The van der Waals surface area contributed by atoms with Crippen LogP contribution in [0.3, 0.4) is 0 Å². The van der Waals surface area contributed by atoms with Crippen LogP contribution in [-0.4, -0.2) is 83.2 Å². The molecule has 10 aromatic carbocycles. The molecule has 0 saturated carbocycles. The lowest BCUT2D eigenvalue weighted by Crippen LogP contribution is -2.41. The van der Waals surface area contributed by atoms with Gasteiger partial charge in [0.1, 0.15) is 0 Å². The second-order valence-corrected chi connectivity index (χ2v) is 37.0. The maximum atomic E-state index is 12.7. The molecule has 10 aromatic rings. The third-order valence-electron chi connectivity index (χ3n) is 20.6. The minimum absolute atomic E-state index is 0. The lowest BCUT2D eigenvalue weighted by molar-refractivity contribution is -0.121. The number of nitrogens with one attached hydrogen (secondary N) is 4. The van der Waals surface area contributed by atoms with Gasteiger partial charge in [-0.2, -0.15) is 0 Å². The first-order chi connectivity index (χ1) is 61.2. The zero-order valence-corrected chi connectivity index (χ0v) is 81.2. The Bertz CT molecular complexity index is 5410. The highest BCUT2D eigenvalue weighted by atomic mass is 79.9. The van der Waals surface area contributed by atoms with Crippen molar-refractivity contribution in [2.75, 3.05) is 45.3 Å². The Morgan fingerprint density at radius 3 is 1.02 bits per heavy atom. The van der Waals surface area contributed by atoms with Crippen molar-refractivity contribution >= 4 is 190 Å². The molecule has 0 atom stereocenters. The van der Waals surface area contributed by atoms with Gasteiger partial charge in [-0.3, -0.25) is 48.8 Å². The Labute approximate surface area is 809 Å².